The molecule has 0 saturated carbocycles. The average Bonchev–Trinajstić information content (AvgIpc) is 2.94. The minimum Gasteiger partial charge on any atom is -0.300 e. The maximum Gasteiger partial charge on any atom is 0.407 e. The van der Waals surface area contributed by atoms with Gasteiger partial charge in [-0.05, 0) is 47.6 Å². The van der Waals surface area contributed by atoms with Crippen molar-refractivity contribution in [3.63, 3.8) is 0 Å². The predicted octanol–water partition coefficient (Wildman–Crippen LogP) is 12.7. The van der Waals surface area contributed by atoms with E-state index < -0.39 is 24.4 Å². The topological polar surface area (TPSA) is 24.1 Å². The molecule has 2 N–H and O–H groups in total. The van der Waals surface area contributed by atoms with E-state index in [-0.39, 0.29) is 23.2 Å². The second-order valence-corrected chi connectivity index (χ2v) is 13.7. The van der Waals surface area contributed by atoms with Gasteiger partial charge in [0.15, 0.2) is 0 Å². The van der Waals surface area contributed by atoms with Gasteiger partial charge in [0.25, 0.3) is 0 Å². The normalized spacial score (nSPS) is 14.4. The highest BCUT2D eigenvalue weighted by molar-refractivity contribution is 5.21. The monoisotopic (exact) mass is 662 g/mol. The molecule has 0 aliphatic carbocycles. The Hall–Kier alpha value is -2.06. The van der Waals surface area contributed by atoms with E-state index >= 15 is 0 Å². The molecule has 4 atom stereocenters. The quantitative estimate of drug-likeness (QED) is 0.221. The van der Waals surface area contributed by atoms with Gasteiger partial charge in [-0.3, -0.25) is 0 Å². The SMILES string of the molecule is CC(C)N[C@@H](c1ccccc1)C(F)(F)F.CC(C)N[C@H](c1ccccc1)C(F)(F)F.CC[C@@H](C)CC(C)C.CC[C@H](C)CC(C)C. The van der Waals surface area contributed by atoms with Crippen LogP contribution in [0.1, 0.15) is 132 Å². The largest absolute Gasteiger partial charge is 0.407 e. The molecule has 2 aromatic rings. The van der Waals surface area contributed by atoms with Crippen molar-refractivity contribution in [1.29, 1.82) is 0 Å². The van der Waals surface area contributed by atoms with Crippen molar-refractivity contribution in [2.75, 3.05) is 0 Å². The van der Waals surface area contributed by atoms with E-state index in [2.05, 4.69) is 66.0 Å². The first-order valence-electron chi connectivity index (χ1n) is 16.9. The van der Waals surface area contributed by atoms with Crippen molar-refractivity contribution in [2.24, 2.45) is 23.7 Å². The van der Waals surface area contributed by atoms with Crippen LogP contribution in [-0.4, -0.2) is 24.4 Å². The molecule has 268 valence electrons. The standard InChI is InChI=1S/2C11H14F3N.2C8H18/c2*1-8(2)15-10(11(12,13)14)9-6-4-3-5-7-9;2*1-5-8(4)6-7(2)3/h2*3-8,10,15H,1-2H3;2*7-8H,5-6H2,1-4H3/t2*10-;2*8-/m1010/s1. The van der Waals surface area contributed by atoms with E-state index in [4.69, 9.17) is 0 Å². The third-order valence-electron chi connectivity index (χ3n) is 7.06. The van der Waals surface area contributed by atoms with Crippen LogP contribution in [0.3, 0.4) is 0 Å². The van der Waals surface area contributed by atoms with E-state index in [0.29, 0.717) is 0 Å². The molecule has 0 heterocycles. The van der Waals surface area contributed by atoms with Crippen molar-refractivity contribution in [1.82, 2.24) is 10.6 Å². The molecule has 0 spiro atoms. The van der Waals surface area contributed by atoms with Gasteiger partial charge in [0.2, 0.25) is 0 Å². The number of benzene rings is 2. The molecule has 0 saturated heterocycles. The average molecular weight is 663 g/mol. The molecule has 0 amide bonds. The van der Waals surface area contributed by atoms with Crippen LogP contribution in [0.15, 0.2) is 60.7 Å². The molecule has 2 nitrogen and oxygen atoms in total. The van der Waals surface area contributed by atoms with Gasteiger partial charge in [0.05, 0.1) is 0 Å². The lowest BCUT2D eigenvalue weighted by atomic mass is 9.97. The van der Waals surface area contributed by atoms with Crippen LogP contribution in [0.5, 0.6) is 0 Å². The third kappa shape index (κ3) is 24.2. The van der Waals surface area contributed by atoms with Gasteiger partial charge in [-0.2, -0.15) is 26.3 Å². The summed E-state index contributed by atoms with van der Waals surface area (Å²) in [5.41, 5.74) is 0.498. The van der Waals surface area contributed by atoms with Crippen LogP contribution in [0.4, 0.5) is 26.3 Å². The lowest BCUT2D eigenvalue weighted by molar-refractivity contribution is -0.159. The summed E-state index contributed by atoms with van der Waals surface area (Å²) in [7, 11) is 0. The number of nitrogens with one attached hydrogen (secondary N) is 2. The van der Waals surface area contributed by atoms with Crippen molar-refractivity contribution in [2.45, 2.75) is 145 Å². The zero-order valence-electron chi connectivity index (χ0n) is 30.5. The third-order valence-corrected chi connectivity index (χ3v) is 7.06. The molecule has 0 aromatic heterocycles. The van der Waals surface area contributed by atoms with Gasteiger partial charge in [-0.15, -0.1) is 0 Å². The number of rotatable bonds is 12. The van der Waals surface area contributed by atoms with E-state index in [1.54, 1.807) is 64.1 Å². The summed E-state index contributed by atoms with van der Waals surface area (Å²) >= 11 is 0. The molecule has 0 fully saturated rings. The molecule has 0 aliphatic heterocycles. The maximum atomic E-state index is 12.7. The smallest absolute Gasteiger partial charge is 0.300 e. The van der Waals surface area contributed by atoms with Gasteiger partial charge in [-0.25, -0.2) is 0 Å². The Balaban J connectivity index is 0. The van der Waals surface area contributed by atoms with Gasteiger partial charge in [0.1, 0.15) is 12.1 Å². The molecular weight excluding hydrogens is 598 g/mol. The van der Waals surface area contributed by atoms with E-state index in [9.17, 15) is 26.3 Å². The zero-order chi connectivity index (χ0) is 36.1. The van der Waals surface area contributed by atoms with Crippen molar-refractivity contribution < 1.29 is 26.3 Å². The number of halogens is 6. The first-order chi connectivity index (χ1) is 21.1. The molecule has 2 aromatic carbocycles. The first-order valence-corrected chi connectivity index (χ1v) is 16.9. The van der Waals surface area contributed by atoms with Gasteiger partial charge in [-0.1, -0.05) is 157 Å². The fourth-order valence-electron chi connectivity index (χ4n) is 4.66. The van der Waals surface area contributed by atoms with Crippen LogP contribution in [0.25, 0.3) is 0 Å². The lowest BCUT2D eigenvalue weighted by Gasteiger charge is -2.24. The summed E-state index contributed by atoms with van der Waals surface area (Å²) in [4.78, 5) is 0. The van der Waals surface area contributed by atoms with E-state index in [0.717, 1.165) is 23.7 Å². The Kier molecular flexibility index (Phi) is 24.2. The summed E-state index contributed by atoms with van der Waals surface area (Å²) in [5, 5.41) is 5.02. The second-order valence-electron chi connectivity index (χ2n) is 13.7. The summed E-state index contributed by atoms with van der Waals surface area (Å²) in [5.74, 6) is 3.61. The van der Waals surface area contributed by atoms with Crippen LogP contribution in [0.2, 0.25) is 0 Å². The van der Waals surface area contributed by atoms with Crippen molar-refractivity contribution >= 4 is 0 Å². The molecule has 46 heavy (non-hydrogen) atoms. The highest BCUT2D eigenvalue weighted by Crippen LogP contribution is 2.33. The molecule has 0 unspecified atom stereocenters. The molecule has 0 bridgehead atoms. The Bertz CT molecular complexity index is 877. The maximum absolute atomic E-state index is 12.7. The zero-order valence-corrected chi connectivity index (χ0v) is 30.5. The van der Waals surface area contributed by atoms with Crippen molar-refractivity contribution in [3.05, 3.63) is 71.8 Å². The predicted molar refractivity (Wildman–Crippen MR) is 185 cm³/mol. The number of alkyl halides is 6. The van der Waals surface area contributed by atoms with Gasteiger partial charge in [0, 0.05) is 12.1 Å². The second kappa shape index (κ2) is 24.1. The van der Waals surface area contributed by atoms with Crippen LogP contribution in [0, 0.1) is 23.7 Å². The number of hydrogen-bond donors (Lipinski definition) is 2. The Morgan fingerprint density at radius 3 is 0.891 bits per heavy atom. The highest BCUT2D eigenvalue weighted by atomic mass is 19.4. The van der Waals surface area contributed by atoms with E-state index in [1.807, 2.05) is 0 Å². The summed E-state index contributed by atoms with van der Waals surface area (Å²) in [6, 6.07) is 12.2. The fourth-order valence-corrected chi connectivity index (χ4v) is 4.66. The number of hydrogen-bond acceptors (Lipinski definition) is 2. The lowest BCUT2D eigenvalue weighted by Crippen LogP contribution is -2.38. The molecule has 8 heteroatoms. The Morgan fingerprint density at radius 2 is 0.739 bits per heavy atom. The summed E-state index contributed by atoms with van der Waals surface area (Å²) < 4.78 is 76.2. The van der Waals surface area contributed by atoms with Crippen LogP contribution >= 0.6 is 0 Å². The molecular formula is C38H64F6N2. The van der Waals surface area contributed by atoms with Crippen molar-refractivity contribution in [3.8, 4) is 0 Å². The van der Waals surface area contributed by atoms with E-state index in [1.165, 1.54) is 49.9 Å². The van der Waals surface area contributed by atoms with Gasteiger partial charge >= 0.3 is 12.4 Å². The minimum atomic E-state index is -4.26. The Labute approximate surface area is 277 Å². The molecule has 0 radical (unpaired) electrons. The van der Waals surface area contributed by atoms with Gasteiger partial charge < -0.3 is 10.6 Å². The van der Waals surface area contributed by atoms with Crippen LogP contribution < -0.4 is 10.6 Å². The molecule has 0 aliphatic rings. The highest BCUT2D eigenvalue weighted by Gasteiger charge is 2.41. The summed E-state index contributed by atoms with van der Waals surface area (Å²) in [6.45, 7) is 25.1. The fraction of sp³-hybridized carbons (Fsp3) is 0.684. The minimum absolute atomic E-state index is 0.211. The Morgan fingerprint density at radius 1 is 0.478 bits per heavy atom. The first kappa shape index (κ1) is 46.1. The van der Waals surface area contributed by atoms with Crippen LogP contribution in [-0.2, 0) is 0 Å². The molecule has 2 rings (SSSR count). The summed E-state index contributed by atoms with van der Waals surface area (Å²) in [6.07, 6.45) is -3.08.